The van der Waals surface area contributed by atoms with Gasteiger partial charge in [-0.05, 0) is 111 Å². The van der Waals surface area contributed by atoms with Gasteiger partial charge in [-0.3, -0.25) is 9.69 Å². The molecule has 3 atom stereocenters. The fourth-order valence-electron chi connectivity index (χ4n) is 5.82. The van der Waals surface area contributed by atoms with Gasteiger partial charge < -0.3 is 4.74 Å². The maximum Gasteiger partial charge on any atom is 0.161 e. The summed E-state index contributed by atoms with van der Waals surface area (Å²) >= 11 is 5.74. The molecule has 2 aliphatic rings. The standard InChI is InChI=1S/C21H30FNO2.C11H14ClF/c1-15(2)21(16(3)24)11-8-20(14-25-21)23-12-9-18(10-13-23)17-4-6-19(22)7-5-17;1-3-8(2)4-9-5-10(12)7-11(13)6-9/h4-7,15,18,20H,8-14H2,1-3H3;5-8H,3-4H2,1-2H3. The minimum atomic E-state index is -0.580. The fourth-order valence-corrected chi connectivity index (χ4v) is 6.06. The van der Waals surface area contributed by atoms with Gasteiger partial charge in [0.2, 0.25) is 0 Å². The number of hydrogen-bond donors (Lipinski definition) is 0. The molecule has 38 heavy (non-hydrogen) atoms. The number of likely N-dealkylation sites (tertiary alicyclic amines) is 1. The summed E-state index contributed by atoms with van der Waals surface area (Å²) in [7, 11) is 0. The van der Waals surface area contributed by atoms with Crippen molar-refractivity contribution in [3.63, 3.8) is 0 Å². The molecular formula is C32H44ClF2NO2. The van der Waals surface area contributed by atoms with E-state index in [9.17, 15) is 13.6 Å². The predicted octanol–water partition coefficient (Wildman–Crippen LogP) is 8.24. The van der Waals surface area contributed by atoms with Crippen LogP contribution in [0.1, 0.15) is 83.8 Å². The Kier molecular flexibility index (Phi) is 11.3. The van der Waals surface area contributed by atoms with Crippen LogP contribution in [0.5, 0.6) is 0 Å². The van der Waals surface area contributed by atoms with Gasteiger partial charge >= 0.3 is 0 Å². The fraction of sp³-hybridized carbons (Fsp3) is 0.594. The van der Waals surface area contributed by atoms with Crippen LogP contribution >= 0.6 is 11.6 Å². The van der Waals surface area contributed by atoms with Crippen LogP contribution < -0.4 is 0 Å². The topological polar surface area (TPSA) is 29.5 Å². The smallest absolute Gasteiger partial charge is 0.161 e. The molecule has 2 fully saturated rings. The summed E-state index contributed by atoms with van der Waals surface area (Å²) in [5, 5.41) is 0.485. The molecule has 6 heteroatoms. The molecule has 2 aromatic carbocycles. The average Bonchev–Trinajstić information content (AvgIpc) is 2.89. The summed E-state index contributed by atoms with van der Waals surface area (Å²) < 4.78 is 32.1. The Morgan fingerprint density at radius 1 is 1.05 bits per heavy atom. The van der Waals surface area contributed by atoms with Gasteiger partial charge in [-0.25, -0.2) is 8.78 Å². The number of hydrogen-bond acceptors (Lipinski definition) is 3. The van der Waals surface area contributed by atoms with E-state index in [1.165, 1.54) is 11.6 Å². The maximum absolute atomic E-state index is 13.1. The van der Waals surface area contributed by atoms with E-state index < -0.39 is 5.60 Å². The highest BCUT2D eigenvalue weighted by Gasteiger charge is 2.44. The van der Waals surface area contributed by atoms with Crippen LogP contribution in [0.4, 0.5) is 8.78 Å². The third-order valence-electron chi connectivity index (χ3n) is 8.50. The zero-order chi connectivity index (χ0) is 27.9. The molecule has 0 saturated carbocycles. The molecule has 3 nitrogen and oxygen atoms in total. The second kappa shape index (κ2) is 14.0. The zero-order valence-corrected chi connectivity index (χ0v) is 24.4. The number of benzene rings is 2. The van der Waals surface area contributed by atoms with E-state index in [2.05, 4.69) is 32.6 Å². The van der Waals surface area contributed by atoms with Crippen molar-refractivity contribution in [2.24, 2.45) is 11.8 Å². The highest BCUT2D eigenvalue weighted by Crippen LogP contribution is 2.36. The van der Waals surface area contributed by atoms with E-state index in [0.717, 1.165) is 57.2 Å². The molecule has 0 spiro atoms. The van der Waals surface area contributed by atoms with Gasteiger partial charge in [-0.15, -0.1) is 0 Å². The maximum atomic E-state index is 13.1. The summed E-state index contributed by atoms with van der Waals surface area (Å²) in [6.07, 6.45) is 6.05. The van der Waals surface area contributed by atoms with Crippen LogP contribution in [0.2, 0.25) is 5.02 Å². The molecular weight excluding hydrogens is 504 g/mol. The van der Waals surface area contributed by atoms with E-state index in [1.54, 1.807) is 25.1 Å². The number of carbonyl (C=O) groups is 1. The Labute approximate surface area is 232 Å². The summed E-state index contributed by atoms with van der Waals surface area (Å²) in [5.74, 6) is 1.07. The van der Waals surface area contributed by atoms with E-state index in [4.69, 9.17) is 16.3 Å². The number of ketones is 1. The van der Waals surface area contributed by atoms with E-state index in [1.807, 2.05) is 18.2 Å². The van der Waals surface area contributed by atoms with Crippen LogP contribution in [0.3, 0.4) is 0 Å². The lowest BCUT2D eigenvalue weighted by atomic mass is 9.79. The van der Waals surface area contributed by atoms with Gasteiger partial charge in [0.1, 0.15) is 17.2 Å². The van der Waals surface area contributed by atoms with Crippen molar-refractivity contribution >= 4 is 17.4 Å². The number of Topliss-reactive ketones (excluding diaryl/α,β-unsaturated/α-hetero) is 1. The quantitative estimate of drug-likeness (QED) is 0.349. The molecule has 2 aliphatic heterocycles. The van der Waals surface area contributed by atoms with E-state index in [0.29, 0.717) is 29.5 Å². The first-order chi connectivity index (χ1) is 18.0. The summed E-state index contributed by atoms with van der Waals surface area (Å²) in [6.45, 7) is 12.8. The van der Waals surface area contributed by atoms with Gasteiger partial charge in [0.15, 0.2) is 5.78 Å². The molecule has 0 aliphatic carbocycles. The third-order valence-corrected chi connectivity index (χ3v) is 8.72. The van der Waals surface area contributed by atoms with Crippen molar-refractivity contribution in [2.45, 2.75) is 90.7 Å². The van der Waals surface area contributed by atoms with Crippen LogP contribution in [0, 0.1) is 23.5 Å². The second-order valence-corrected chi connectivity index (χ2v) is 11.9. The Hall–Kier alpha value is -1.82. The van der Waals surface area contributed by atoms with Gasteiger partial charge in [0, 0.05) is 11.1 Å². The lowest BCUT2D eigenvalue weighted by molar-refractivity contribution is -0.165. The molecule has 3 unspecified atom stereocenters. The first-order valence-electron chi connectivity index (χ1n) is 14.1. The monoisotopic (exact) mass is 547 g/mol. The van der Waals surface area contributed by atoms with Gasteiger partial charge in [0.25, 0.3) is 0 Å². The number of carbonyl (C=O) groups excluding carboxylic acids is 1. The Morgan fingerprint density at radius 2 is 1.71 bits per heavy atom. The van der Waals surface area contributed by atoms with Gasteiger partial charge in [-0.2, -0.15) is 0 Å². The number of halogens is 3. The number of ether oxygens (including phenoxy) is 1. The molecule has 4 rings (SSSR count). The Balaban J connectivity index is 0.000000260. The molecule has 210 valence electrons. The van der Waals surface area contributed by atoms with Gasteiger partial charge in [0.05, 0.1) is 6.61 Å². The van der Waals surface area contributed by atoms with Crippen LogP contribution in [-0.2, 0) is 16.0 Å². The van der Waals surface area contributed by atoms with E-state index in [-0.39, 0.29) is 23.3 Å². The number of nitrogens with zero attached hydrogens (tertiary/aromatic N) is 1. The summed E-state index contributed by atoms with van der Waals surface area (Å²) in [4.78, 5) is 14.6. The molecule has 2 aromatic rings. The first-order valence-corrected chi connectivity index (χ1v) is 14.5. The highest BCUT2D eigenvalue weighted by molar-refractivity contribution is 6.30. The highest BCUT2D eigenvalue weighted by atomic mass is 35.5. The normalized spacial score (nSPS) is 23.6. The minimum absolute atomic E-state index is 0.163. The molecule has 0 aromatic heterocycles. The van der Waals surface area contributed by atoms with Gasteiger partial charge in [-0.1, -0.05) is 57.8 Å². The largest absolute Gasteiger partial charge is 0.365 e. The molecule has 0 radical (unpaired) electrons. The number of piperidine rings is 1. The average molecular weight is 548 g/mol. The lowest BCUT2D eigenvalue weighted by Gasteiger charge is -2.46. The SMILES string of the molecule is CC(=O)C1(C(C)C)CCC(N2CCC(c3ccc(F)cc3)CC2)CO1.CCC(C)Cc1cc(F)cc(Cl)c1. The van der Waals surface area contributed by atoms with Crippen molar-refractivity contribution in [3.05, 3.63) is 70.2 Å². The predicted molar refractivity (Wildman–Crippen MR) is 152 cm³/mol. The Bertz CT molecular complexity index is 1010. The van der Waals surface area contributed by atoms with Crippen LogP contribution in [0.15, 0.2) is 42.5 Å². The van der Waals surface area contributed by atoms with Crippen molar-refractivity contribution < 1.29 is 18.3 Å². The molecule has 2 saturated heterocycles. The van der Waals surface area contributed by atoms with Crippen molar-refractivity contribution in [1.82, 2.24) is 4.90 Å². The molecule has 0 amide bonds. The lowest BCUT2D eigenvalue weighted by Crippen LogP contribution is -2.55. The molecule has 0 N–H and O–H groups in total. The van der Waals surface area contributed by atoms with Crippen LogP contribution in [0.25, 0.3) is 0 Å². The molecule has 2 heterocycles. The number of rotatable bonds is 7. The minimum Gasteiger partial charge on any atom is -0.365 e. The van der Waals surface area contributed by atoms with Crippen molar-refractivity contribution in [1.29, 1.82) is 0 Å². The van der Waals surface area contributed by atoms with E-state index >= 15 is 0 Å². The van der Waals surface area contributed by atoms with Crippen molar-refractivity contribution in [2.75, 3.05) is 19.7 Å². The van der Waals surface area contributed by atoms with Crippen molar-refractivity contribution in [3.8, 4) is 0 Å². The first kappa shape index (κ1) is 30.7. The third kappa shape index (κ3) is 8.09. The van der Waals surface area contributed by atoms with Crippen LogP contribution in [-0.4, -0.2) is 42.0 Å². The summed E-state index contributed by atoms with van der Waals surface area (Å²) in [6, 6.07) is 12.1. The second-order valence-electron chi connectivity index (χ2n) is 11.5. The Morgan fingerprint density at radius 3 is 2.21 bits per heavy atom. The molecule has 0 bridgehead atoms. The summed E-state index contributed by atoms with van der Waals surface area (Å²) in [5.41, 5.74) is 1.65. The zero-order valence-electron chi connectivity index (χ0n) is 23.6.